The number of aryl methyl sites for hydroxylation is 2. The molecule has 0 bridgehead atoms. The van der Waals surface area contributed by atoms with Gasteiger partial charge in [-0.3, -0.25) is 9.59 Å². The summed E-state index contributed by atoms with van der Waals surface area (Å²) in [5, 5.41) is 0. The standard InChI is InChI=1S/C13H17NO3S/c1-8-4-5-9(2)11(6-8)18-7-12(15)17-10(3)13(14)16/h4-6,10H,7H2,1-3H3,(H2,14,16)/t10-/m0/s1. The first-order valence-electron chi connectivity index (χ1n) is 5.59. The molecule has 2 N–H and O–H groups in total. The lowest BCUT2D eigenvalue weighted by Gasteiger charge is -2.10. The molecule has 0 saturated heterocycles. The first-order valence-corrected chi connectivity index (χ1v) is 6.57. The molecule has 0 aliphatic rings. The molecular formula is C13H17NO3S. The van der Waals surface area contributed by atoms with Crippen molar-refractivity contribution in [2.24, 2.45) is 5.73 Å². The zero-order chi connectivity index (χ0) is 13.7. The maximum atomic E-state index is 11.5. The van der Waals surface area contributed by atoms with Crippen molar-refractivity contribution in [1.82, 2.24) is 0 Å². The molecule has 1 aromatic carbocycles. The monoisotopic (exact) mass is 267 g/mol. The van der Waals surface area contributed by atoms with Gasteiger partial charge in [0.1, 0.15) is 0 Å². The van der Waals surface area contributed by atoms with Crippen molar-refractivity contribution in [2.45, 2.75) is 31.8 Å². The molecule has 1 rings (SSSR count). The molecular weight excluding hydrogens is 250 g/mol. The number of nitrogens with two attached hydrogens (primary N) is 1. The van der Waals surface area contributed by atoms with Crippen molar-refractivity contribution < 1.29 is 14.3 Å². The summed E-state index contributed by atoms with van der Waals surface area (Å²) in [6.07, 6.45) is -0.878. The number of primary amides is 1. The minimum absolute atomic E-state index is 0.169. The zero-order valence-electron chi connectivity index (χ0n) is 10.7. The third-order valence-electron chi connectivity index (χ3n) is 2.40. The largest absolute Gasteiger partial charge is 0.452 e. The average Bonchev–Trinajstić information content (AvgIpc) is 2.30. The van der Waals surface area contributed by atoms with E-state index in [0.717, 1.165) is 16.0 Å². The Labute approximate surface area is 111 Å². The van der Waals surface area contributed by atoms with E-state index in [0.29, 0.717) is 0 Å². The molecule has 1 aromatic rings. The van der Waals surface area contributed by atoms with E-state index in [4.69, 9.17) is 10.5 Å². The summed E-state index contributed by atoms with van der Waals surface area (Å²) in [7, 11) is 0. The molecule has 5 heteroatoms. The lowest BCUT2D eigenvalue weighted by Crippen LogP contribution is -2.31. The highest BCUT2D eigenvalue weighted by molar-refractivity contribution is 8.00. The van der Waals surface area contributed by atoms with Crippen molar-refractivity contribution >= 4 is 23.6 Å². The van der Waals surface area contributed by atoms with Gasteiger partial charge in [-0.2, -0.15) is 0 Å². The number of esters is 1. The summed E-state index contributed by atoms with van der Waals surface area (Å²) in [5.41, 5.74) is 7.27. The highest BCUT2D eigenvalue weighted by Crippen LogP contribution is 2.23. The van der Waals surface area contributed by atoms with E-state index in [1.54, 1.807) is 0 Å². The Balaban J connectivity index is 2.52. The molecule has 0 radical (unpaired) electrons. The van der Waals surface area contributed by atoms with Crippen LogP contribution in [0.25, 0.3) is 0 Å². The quantitative estimate of drug-likeness (QED) is 0.652. The van der Waals surface area contributed by atoms with Crippen LogP contribution in [0.2, 0.25) is 0 Å². The molecule has 0 aromatic heterocycles. The Bertz CT molecular complexity index is 460. The number of ether oxygens (including phenoxy) is 1. The Hall–Kier alpha value is -1.49. The van der Waals surface area contributed by atoms with Crippen molar-refractivity contribution in [2.75, 3.05) is 5.75 Å². The molecule has 1 amide bonds. The maximum absolute atomic E-state index is 11.5. The number of benzene rings is 1. The van der Waals surface area contributed by atoms with E-state index in [9.17, 15) is 9.59 Å². The van der Waals surface area contributed by atoms with Gasteiger partial charge in [-0.05, 0) is 32.4 Å². The predicted octanol–water partition coefficient (Wildman–Crippen LogP) is 1.81. The Morgan fingerprint density at radius 1 is 1.39 bits per heavy atom. The summed E-state index contributed by atoms with van der Waals surface area (Å²) >= 11 is 1.40. The van der Waals surface area contributed by atoms with Gasteiger partial charge in [-0.15, -0.1) is 11.8 Å². The molecule has 0 fully saturated rings. The first-order chi connectivity index (χ1) is 8.40. The topological polar surface area (TPSA) is 69.4 Å². The molecule has 18 heavy (non-hydrogen) atoms. The van der Waals surface area contributed by atoms with Crippen LogP contribution in [0.5, 0.6) is 0 Å². The van der Waals surface area contributed by atoms with Crippen LogP contribution in [0, 0.1) is 13.8 Å². The van der Waals surface area contributed by atoms with Crippen LogP contribution in [0.15, 0.2) is 23.1 Å². The van der Waals surface area contributed by atoms with Gasteiger partial charge in [0.15, 0.2) is 6.10 Å². The molecule has 0 saturated carbocycles. The zero-order valence-corrected chi connectivity index (χ0v) is 11.5. The summed E-state index contributed by atoms with van der Waals surface area (Å²) in [5.74, 6) is -0.908. The van der Waals surface area contributed by atoms with Gasteiger partial charge in [0.2, 0.25) is 0 Å². The second kappa shape index (κ2) is 6.44. The first kappa shape index (κ1) is 14.6. The Morgan fingerprint density at radius 2 is 2.06 bits per heavy atom. The lowest BCUT2D eigenvalue weighted by molar-refractivity contribution is -0.151. The molecule has 0 aliphatic heterocycles. The van der Waals surface area contributed by atoms with Crippen LogP contribution in [-0.2, 0) is 14.3 Å². The van der Waals surface area contributed by atoms with E-state index in [2.05, 4.69) is 0 Å². The average molecular weight is 267 g/mol. The van der Waals surface area contributed by atoms with E-state index in [1.807, 2.05) is 32.0 Å². The second-order valence-electron chi connectivity index (χ2n) is 4.09. The SMILES string of the molecule is Cc1ccc(C)c(SCC(=O)O[C@@H](C)C(N)=O)c1. The molecule has 0 unspecified atom stereocenters. The number of amides is 1. The highest BCUT2D eigenvalue weighted by Gasteiger charge is 2.14. The van der Waals surface area contributed by atoms with Crippen molar-refractivity contribution in [3.63, 3.8) is 0 Å². The van der Waals surface area contributed by atoms with E-state index < -0.39 is 18.0 Å². The van der Waals surface area contributed by atoms with Crippen molar-refractivity contribution in [3.8, 4) is 0 Å². The normalized spacial score (nSPS) is 11.9. The third kappa shape index (κ3) is 4.41. The maximum Gasteiger partial charge on any atom is 0.317 e. The van der Waals surface area contributed by atoms with Gasteiger partial charge in [-0.1, -0.05) is 17.7 Å². The van der Waals surface area contributed by atoms with E-state index >= 15 is 0 Å². The van der Waals surface area contributed by atoms with Crippen LogP contribution in [0.3, 0.4) is 0 Å². The molecule has 0 aliphatic carbocycles. The van der Waals surface area contributed by atoms with Gasteiger partial charge >= 0.3 is 5.97 Å². The molecule has 4 nitrogen and oxygen atoms in total. The molecule has 98 valence electrons. The lowest BCUT2D eigenvalue weighted by atomic mass is 10.2. The summed E-state index contributed by atoms with van der Waals surface area (Å²) in [6.45, 7) is 5.44. The fraction of sp³-hybridized carbons (Fsp3) is 0.385. The van der Waals surface area contributed by atoms with Crippen LogP contribution >= 0.6 is 11.8 Å². The minimum atomic E-state index is -0.878. The molecule has 0 spiro atoms. The van der Waals surface area contributed by atoms with Crippen LogP contribution in [-0.4, -0.2) is 23.7 Å². The van der Waals surface area contributed by atoms with Gasteiger partial charge in [0.25, 0.3) is 5.91 Å². The summed E-state index contributed by atoms with van der Waals surface area (Å²) in [6, 6.07) is 6.05. The third-order valence-corrected chi connectivity index (χ3v) is 3.53. The highest BCUT2D eigenvalue weighted by atomic mass is 32.2. The van der Waals surface area contributed by atoms with Gasteiger partial charge in [0.05, 0.1) is 5.75 Å². The predicted molar refractivity (Wildman–Crippen MR) is 71.4 cm³/mol. The number of hydrogen-bond donors (Lipinski definition) is 1. The fourth-order valence-electron chi connectivity index (χ4n) is 1.29. The van der Waals surface area contributed by atoms with Crippen molar-refractivity contribution in [1.29, 1.82) is 0 Å². The minimum Gasteiger partial charge on any atom is -0.452 e. The number of carbonyl (C=O) groups excluding carboxylic acids is 2. The van der Waals surface area contributed by atoms with Gasteiger partial charge in [-0.25, -0.2) is 0 Å². The van der Waals surface area contributed by atoms with Crippen LogP contribution in [0.1, 0.15) is 18.1 Å². The smallest absolute Gasteiger partial charge is 0.317 e. The second-order valence-corrected chi connectivity index (χ2v) is 5.11. The van der Waals surface area contributed by atoms with Gasteiger partial charge in [0, 0.05) is 4.90 Å². The van der Waals surface area contributed by atoms with Gasteiger partial charge < -0.3 is 10.5 Å². The fourth-order valence-corrected chi connectivity index (χ4v) is 2.20. The number of hydrogen-bond acceptors (Lipinski definition) is 4. The summed E-state index contributed by atoms with van der Waals surface area (Å²) < 4.78 is 4.87. The van der Waals surface area contributed by atoms with E-state index in [-0.39, 0.29) is 5.75 Å². The Morgan fingerprint density at radius 3 is 2.67 bits per heavy atom. The summed E-state index contributed by atoms with van der Waals surface area (Å²) in [4.78, 5) is 23.3. The Kier molecular flexibility index (Phi) is 5.22. The number of thioether (sulfide) groups is 1. The molecule has 1 atom stereocenters. The number of carbonyl (C=O) groups is 2. The van der Waals surface area contributed by atoms with Crippen LogP contribution < -0.4 is 5.73 Å². The van der Waals surface area contributed by atoms with Crippen molar-refractivity contribution in [3.05, 3.63) is 29.3 Å². The van der Waals surface area contributed by atoms with Crippen LogP contribution in [0.4, 0.5) is 0 Å². The van der Waals surface area contributed by atoms with E-state index in [1.165, 1.54) is 18.7 Å². The number of rotatable bonds is 5. The molecule has 0 heterocycles.